The number of carbonyl (C=O) groups excluding carboxylic acids is 1. The van der Waals surface area contributed by atoms with E-state index in [0.717, 1.165) is 42.7 Å². The molecule has 47 heavy (non-hydrogen) atoms. The molecular weight excluding hydrogens is 604 g/mol. The Hall–Kier alpha value is -2.27. The van der Waals surface area contributed by atoms with Gasteiger partial charge in [-0.1, -0.05) is 65.3 Å². The Morgan fingerprint density at radius 3 is 2.40 bits per heavy atom. The summed E-state index contributed by atoms with van der Waals surface area (Å²) < 4.78 is 10.9. The van der Waals surface area contributed by atoms with Crippen LogP contribution in [0, 0.1) is 50.2 Å². The zero-order valence-electron chi connectivity index (χ0n) is 30.1. The van der Waals surface area contributed by atoms with E-state index in [1.165, 1.54) is 38.5 Å². The average molecular weight is 661 g/mol. The van der Waals surface area contributed by atoms with Gasteiger partial charge < -0.3 is 14.6 Å². The first-order valence-corrected chi connectivity index (χ1v) is 18.8. The lowest BCUT2D eigenvalue weighted by Crippen LogP contribution is -2.64. The quantitative estimate of drug-likeness (QED) is 0.256. The highest BCUT2D eigenvalue weighted by Gasteiger charge is 2.68. The molecule has 5 aliphatic carbocycles. The van der Waals surface area contributed by atoms with Crippen LogP contribution in [0.5, 0.6) is 5.75 Å². The molecule has 0 radical (unpaired) electrons. The fourth-order valence-corrected chi connectivity index (χ4v) is 12.5. The molecule has 256 valence electrons. The molecule has 0 bridgehead atoms. The van der Waals surface area contributed by atoms with E-state index in [1.807, 2.05) is 30.3 Å². The van der Waals surface area contributed by atoms with Crippen LogP contribution < -0.4 is 10.1 Å². The summed E-state index contributed by atoms with van der Waals surface area (Å²) in [6.45, 7) is 17.9. The van der Waals surface area contributed by atoms with Gasteiger partial charge in [0.05, 0.1) is 13.7 Å². The number of hydrogen-bond acceptors (Lipinski definition) is 4. The molecule has 1 aromatic heterocycles. The van der Waals surface area contributed by atoms with Crippen LogP contribution >= 0.6 is 11.6 Å². The topological polar surface area (TPSA) is 64.4 Å². The number of amides is 1. The molecule has 2 aromatic rings. The Morgan fingerprint density at radius 1 is 0.957 bits per heavy atom. The average Bonchev–Trinajstić information content (AvgIpc) is 3.52. The van der Waals surface area contributed by atoms with Crippen LogP contribution in [0.15, 0.2) is 46.5 Å². The van der Waals surface area contributed by atoms with E-state index in [4.69, 9.17) is 20.9 Å². The number of nitrogens with zero attached hydrogens (tertiary/aromatic N) is 1. The van der Waals surface area contributed by atoms with Crippen molar-refractivity contribution < 1.29 is 14.1 Å². The van der Waals surface area contributed by atoms with Crippen molar-refractivity contribution in [3.63, 3.8) is 0 Å². The number of hydrogen-bond donors (Lipinski definition) is 1. The lowest BCUT2D eigenvalue weighted by atomic mass is 9.34. The number of fused-ring (bicyclic) bond motifs is 7. The van der Waals surface area contributed by atoms with Gasteiger partial charge >= 0.3 is 0 Å². The van der Waals surface area contributed by atoms with E-state index in [1.54, 1.807) is 12.7 Å². The van der Waals surface area contributed by atoms with Gasteiger partial charge in [0.1, 0.15) is 11.4 Å². The predicted molar refractivity (Wildman–Crippen MR) is 189 cm³/mol. The van der Waals surface area contributed by atoms with Crippen LogP contribution in [0.3, 0.4) is 0 Å². The Bertz CT molecular complexity index is 1560. The van der Waals surface area contributed by atoms with Crippen molar-refractivity contribution in [2.24, 2.45) is 50.2 Å². The van der Waals surface area contributed by atoms with Crippen LogP contribution in [-0.2, 0) is 11.3 Å². The number of halogens is 1. The number of alkyl halides is 1. The number of aromatic nitrogens is 1. The number of carbonyl (C=O) groups is 1. The molecular formula is C41H57ClN2O3. The molecule has 5 nitrogen and oxygen atoms in total. The summed E-state index contributed by atoms with van der Waals surface area (Å²) in [5.74, 6) is 3.41. The zero-order valence-corrected chi connectivity index (χ0v) is 30.9. The third-order valence-electron chi connectivity index (χ3n) is 15.7. The van der Waals surface area contributed by atoms with Crippen LogP contribution in [0.25, 0.3) is 11.3 Å². The lowest BCUT2D eigenvalue weighted by Gasteiger charge is -2.71. The number of rotatable bonds is 5. The van der Waals surface area contributed by atoms with Crippen molar-refractivity contribution in [3.05, 3.63) is 47.7 Å². The second-order valence-electron chi connectivity index (χ2n) is 18.2. The van der Waals surface area contributed by atoms with Crippen LogP contribution in [0.4, 0.5) is 0 Å². The van der Waals surface area contributed by atoms with Gasteiger partial charge in [-0.05, 0) is 133 Å². The lowest BCUT2D eigenvalue weighted by molar-refractivity contribution is -0.179. The van der Waals surface area contributed by atoms with E-state index in [9.17, 15) is 4.79 Å². The van der Waals surface area contributed by atoms with Gasteiger partial charge in [0.2, 0.25) is 5.91 Å². The number of ether oxygens (including phenoxy) is 1. The maximum Gasteiger partial charge on any atom is 0.226 e. The molecule has 4 saturated carbocycles. The Labute approximate surface area is 288 Å². The van der Waals surface area contributed by atoms with Crippen molar-refractivity contribution in [1.82, 2.24) is 10.5 Å². The normalized spacial score (nSPS) is 42.2. The molecule has 0 aliphatic heterocycles. The van der Waals surface area contributed by atoms with Gasteiger partial charge in [0, 0.05) is 22.4 Å². The first kappa shape index (κ1) is 33.2. The SMILES string of the molecule is COc1ccc(-c2cc(CNC(=O)[C@@]3(C)CC[C@]4(C)CC[C@@]5(C)C(=CCC6[C@@]7(C)CC[C@H](Cl)C(C)(C)C7CC[C@]65C)[C@@H]4C3)on2)cc1. The van der Waals surface area contributed by atoms with Gasteiger partial charge in [-0.15, -0.1) is 11.6 Å². The maximum atomic E-state index is 14.0. The Morgan fingerprint density at radius 2 is 1.68 bits per heavy atom. The fraction of sp³-hybridized carbons (Fsp3) is 0.707. The predicted octanol–water partition coefficient (Wildman–Crippen LogP) is 10.4. The number of allylic oxidation sites excluding steroid dienone is 2. The van der Waals surface area contributed by atoms with Gasteiger partial charge in [-0.3, -0.25) is 4.79 Å². The van der Waals surface area contributed by atoms with E-state index >= 15 is 0 Å². The minimum atomic E-state index is -0.410. The van der Waals surface area contributed by atoms with Gasteiger partial charge in [0.25, 0.3) is 0 Å². The second kappa shape index (κ2) is 11.1. The monoisotopic (exact) mass is 660 g/mol. The molecule has 4 fully saturated rings. The largest absolute Gasteiger partial charge is 0.497 e. The number of methoxy groups -OCH3 is 1. The second-order valence-corrected chi connectivity index (χ2v) is 18.7. The molecule has 0 spiro atoms. The minimum Gasteiger partial charge on any atom is -0.497 e. The van der Waals surface area contributed by atoms with Gasteiger partial charge in [-0.2, -0.15) is 0 Å². The molecule has 1 heterocycles. The van der Waals surface area contributed by atoms with E-state index in [2.05, 4.69) is 65.0 Å². The highest BCUT2D eigenvalue weighted by molar-refractivity contribution is 6.21. The Balaban J connectivity index is 1.10. The smallest absolute Gasteiger partial charge is 0.226 e. The molecule has 1 amide bonds. The summed E-state index contributed by atoms with van der Waals surface area (Å²) >= 11 is 7.02. The van der Waals surface area contributed by atoms with Crippen LogP contribution in [0.2, 0.25) is 0 Å². The molecule has 6 heteroatoms. The van der Waals surface area contributed by atoms with E-state index in [0.29, 0.717) is 35.5 Å². The number of nitrogens with one attached hydrogen (secondary N) is 1. The summed E-state index contributed by atoms with van der Waals surface area (Å²) in [5.41, 5.74) is 4.19. The third-order valence-corrected chi connectivity index (χ3v) is 16.4. The van der Waals surface area contributed by atoms with Crippen molar-refractivity contribution in [3.8, 4) is 17.0 Å². The summed E-state index contributed by atoms with van der Waals surface area (Å²) in [5, 5.41) is 7.80. The molecule has 5 aliphatic rings. The highest BCUT2D eigenvalue weighted by atomic mass is 35.5. The van der Waals surface area contributed by atoms with Crippen molar-refractivity contribution in [1.29, 1.82) is 0 Å². The van der Waals surface area contributed by atoms with Crippen LogP contribution in [0.1, 0.15) is 118 Å². The molecule has 9 atom stereocenters. The molecule has 7 rings (SSSR count). The van der Waals surface area contributed by atoms with E-state index in [-0.39, 0.29) is 32.9 Å². The van der Waals surface area contributed by atoms with E-state index < -0.39 is 5.41 Å². The zero-order chi connectivity index (χ0) is 33.6. The summed E-state index contributed by atoms with van der Waals surface area (Å²) in [7, 11) is 1.66. The fourth-order valence-electron chi connectivity index (χ4n) is 12.2. The van der Waals surface area contributed by atoms with Gasteiger partial charge in [0.15, 0.2) is 5.76 Å². The third kappa shape index (κ3) is 4.89. The van der Waals surface area contributed by atoms with Crippen molar-refractivity contribution >= 4 is 17.5 Å². The standard InChI is InChI=1S/C41H57ClN2O3/c1-36(2)32-15-18-41(7)33(39(32,5)17-16-34(36)42)14-13-29-30-24-38(4,20-19-37(30,3)21-22-40(29,41)6)35(45)43-25-28-23-31(44-47-28)26-9-11-27(46-8)12-10-26/h9-13,23,30,32-34H,14-22,24-25H2,1-8H3,(H,43,45)/t30-,32?,33?,34-,37+,38-,39-,40-,41+/m0/s1. The minimum absolute atomic E-state index is 0.141. The first-order valence-electron chi connectivity index (χ1n) is 18.3. The first-order chi connectivity index (χ1) is 22.1. The molecule has 0 saturated heterocycles. The molecule has 1 N–H and O–H groups in total. The summed E-state index contributed by atoms with van der Waals surface area (Å²) in [4.78, 5) is 14.0. The highest BCUT2D eigenvalue weighted by Crippen LogP contribution is 2.75. The van der Waals surface area contributed by atoms with Crippen molar-refractivity contribution in [2.75, 3.05) is 7.11 Å². The molecule has 1 aromatic carbocycles. The number of benzene rings is 1. The summed E-state index contributed by atoms with van der Waals surface area (Å²) in [6.07, 6.45) is 14.3. The summed E-state index contributed by atoms with van der Waals surface area (Å²) in [6, 6.07) is 9.70. The van der Waals surface area contributed by atoms with Gasteiger partial charge in [-0.25, -0.2) is 0 Å². The van der Waals surface area contributed by atoms with Crippen LogP contribution in [-0.4, -0.2) is 23.6 Å². The molecule has 2 unspecified atom stereocenters. The Kier molecular flexibility index (Phi) is 7.87. The van der Waals surface area contributed by atoms with Crippen molar-refractivity contribution in [2.45, 2.75) is 125 Å². The maximum absolute atomic E-state index is 14.0.